The maximum atomic E-state index is 13.4. The molecule has 9 nitrogen and oxygen atoms in total. The van der Waals surface area contributed by atoms with Crippen LogP contribution in [0.3, 0.4) is 0 Å². The Balaban J connectivity index is 1.66. The second-order valence-electron chi connectivity index (χ2n) is 8.90. The van der Waals surface area contributed by atoms with Gasteiger partial charge in [0.1, 0.15) is 54.4 Å². The summed E-state index contributed by atoms with van der Waals surface area (Å²) < 4.78 is 17.2. The van der Waals surface area contributed by atoms with Crippen molar-refractivity contribution in [1.29, 1.82) is 0 Å². The molecule has 4 rings (SSSR count). The van der Waals surface area contributed by atoms with E-state index in [1.807, 2.05) is 13.8 Å². The van der Waals surface area contributed by atoms with Gasteiger partial charge >= 0.3 is 0 Å². The van der Waals surface area contributed by atoms with Gasteiger partial charge < -0.3 is 39.4 Å². The number of benzene rings is 2. The number of aliphatic hydroxyl groups is 5. The molecule has 0 saturated carbocycles. The lowest BCUT2D eigenvalue weighted by molar-refractivity contribution is -0.0339. The van der Waals surface area contributed by atoms with E-state index in [4.69, 9.17) is 24.1 Å². The smallest absolute Gasteiger partial charge is 0.197 e. The summed E-state index contributed by atoms with van der Waals surface area (Å²) in [4.78, 5) is 13.4. The second kappa shape index (κ2) is 9.36. The molecule has 0 radical (unpaired) electrons. The van der Waals surface area contributed by atoms with Gasteiger partial charge in [-0.1, -0.05) is 0 Å². The number of fused-ring (bicyclic) bond motifs is 4. The van der Waals surface area contributed by atoms with Gasteiger partial charge in [-0.05, 0) is 49.7 Å². The molecule has 3 atom stereocenters. The Labute approximate surface area is 195 Å². The summed E-state index contributed by atoms with van der Waals surface area (Å²) in [6, 6.07) is 10.1. The standard InChI is InChI=1S/C25H28O9/c1-25(2)18-7-14(33-12-20(30)19(29)10-27)3-5-16(18)23(31)22-17-6-4-15(32-11-13(28)9-26)8-21(17)34-24(22)25/h3-8,13,19-20,26-30H,9-12H2,1-2H3/t13?,19-,20-/m1/s1. The van der Waals surface area contributed by atoms with Gasteiger partial charge in [-0.25, -0.2) is 0 Å². The minimum Gasteiger partial charge on any atom is -0.491 e. The van der Waals surface area contributed by atoms with Crippen LogP contribution in [0.15, 0.2) is 40.8 Å². The average Bonchev–Trinajstić information content (AvgIpc) is 3.24. The van der Waals surface area contributed by atoms with E-state index in [0.717, 1.165) is 0 Å². The largest absolute Gasteiger partial charge is 0.491 e. The molecule has 1 aliphatic carbocycles. The van der Waals surface area contributed by atoms with Crippen molar-refractivity contribution in [3.8, 4) is 11.5 Å². The minimum absolute atomic E-state index is 0.0783. The molecule has 1 aromatic heterocycles. The number of carbonyl (C=O) groups is 1. The van der Waals surface area contributed by atoms with Crippen LogP contribution in [0.5, 0.6) is 11.5 Å². The lowest BCUT2D eigenvalue weighted by Gasteiger charge is -2.31. The lowest BCUT2D eigenvalue weighted by Crippen LogP contribution is -2.34. The molecule has 0 bridgehead atoms. The van der Waals surface area contributed by atoms with E-state index in [1.54, 1.807) is 36.4 Å². The fourth-order valence-electron chi connectivity index (χ4n) is 4.08. The summed E-state index contributed by atoms with van der Waals surface area (Å²) in [5.41, 5.74) is 1.46. The molecular formula is C25H28O9. The van der Waals surface area contributed by atoms with Crippen molar-refractivity contribution in [3.63, 3.8) is 0 Å². The van der Waals surface area contributed by atoms with Crippen molar-refractivity contribution < 1.29 is 44.2 Å². The van der Waals surface area contributed by atoms with Crippen LogP contribution >= 0.6 is 0 Å². The van der Waals surface area contributed by atoms with E-state index in [2.05, 4.69) is 0 Å². The zero-order chi connectivity index (χ0) is 24.6. The van der Waals surface area contributed by atoms with Crippen molar-refractivity contribution in [1.82, 2.24) is 0 Å². The lowest BCUT2D eigenvalue weighted by atomic mass is 9.71. The summed E-state index contributed by atoms with van der Waals surface area (Å²) in [7, 11) is 0. The first kappa shape index (κ1) is 24.2. The van der Waals surface area contributed by atoms with E-state index >= 15 is 0 Å². The van der Waals surface area contributed by atoms with Crippen LogP contribution in [0.4, 0.5) is 0 Å². The Hall–Kier alpha value is -2.95. The zero-order valence-electron chi connectivity index (χ0n) is 18.9. The van der Waals surface area contributed by atoms with E-state index in [-0.39, 0.29) is 19.0 Å². The van der Waals surface area contributed by atoms with Gasteiger partial charge in [-0.2, -0.15) is 0 Å². The van der Waals surface area contributed by atoms with Gasteiger partial charge in [0.15, 0.2) is 5.78 Å². The highest BCUT2D eigenvalue weighted by Crippen LogP contribution is 2.46. The molecule has 182 valence electrons. The van der Waals surface area contributed by atoms with Crippen molar-refractivity contribution >= 4 is 16.8 Å². The van der Waals surface area contributed by atoms with Crippen LogP contribution in [0.1, 0.15) is 41.1 Å². The second-order valence-corrected chi connectivity index (χ2v) is 8.90. The Kier molecular flexibility index (Phi) is 6.66. The third-order valence-electron chi connectivity index (χ3n) is 6.07. The first-order chi connectivity index (χ1) is 16.2. The molecule has 0 saturated heterocycles. The minimum atomic E-state index is -1.31. The predicted octanol–water partition coefficient (Wildman–Crippen LogP) is 1.13. The maximum Gasteiger partial charge on any atom is 0.197 e. The number of hydrogen-bond donors (Lipinski definition) is 5. The predicted molar refractivity (Wildman–Crippen MR) is 121 cm³/mol. The third-order valence-corrected chi connectivity index (χ3v) is 6.07. The molecule has 0 aliphatic heterocycles. The molecule has 1 unspecified atom stereocenters. The number of carbonyl (C=O) groups excluding carboxylic acids is 1. The van der Waals surface area contributed by atoms with Crippen LogP contribution in [0.25, 0.3) is 11.0 Å². The summed E-state index contributed by atoms with van der Waals surface area (Å²) in [5.74, 6) is 1.16. The zero-order valence-corrected chi connectivity index (χ0v) is 18.9. The number of rotatable bonds is 9. The molecule has 0 amide bonds. The van der Waals surface area contributed by atoms with Gasteiger partial charge in [-0.15, -0.1) is 0 Å². The summed E-state index contributed by atoms with van der Waals surface area (Å²) in [5, 5.41) is 47.4. The van der Waals surface area contributed by atoms with Crippen molar-refractivity contribution in [3.05, 3.63) is 58.8 Å². The number of hydrogen-bond acceptors (Lipinski definition) is 9. The average molecular weight is 472 g/mol. The normalized spacial score (nSPS) is 17.1. The Morgan fingerprint density at radius 3 is 2.29 bits per heavy atom. The maximum absolute atomic E-state index is 13.4. The Bertz CT molecular complexity index is 1200. The number of ether oxygens (including phenoxy) is 2. The van der Waals surface area contributed by atoms with Crippen LogP contribution in [0.2, 0.25) is 0 Å². The highest BCUT2D eigenvalue weighted by Gasteiger charge is 2.41. The van der Waals surface area contributed by atoms with Crippen LogP contribution in [-0.2, 0) is 5.41 Å². The van der Waals surface area contributed by atoms with E-state index in [1.165, 1.54) is 0 Å². The fraction of sp³-hybridized carbons (Fsp3) is 0.400. The highest BCUT2D eigenvalue weighted by atomic mass is 16.5. The molecule has 0 fully saturated rings. The number of aliphatic hydroxyl groups excluding tert-OH is 5. The van der Waals surface area contributed by atoms with Gasteiger partial charge in [0.05, 0.1) is 18.8 Å². The SMILES string of the molecule is CC1(C)c2cc(OC[C@@H](O)[C@H](O)CO)ccc2C(=O)c2c1oc1cc(OCC(O)CO)ccc21. The van der Waals surface area contributed by atoms with Crippen LogP contribution in [-0.4, -0.2) is 76.1 Å². The molecular weight excluding hydrogens is 444 g/mol. The fourth-order valence-corrected chi connectivity index (χ4v) is 4.08. The van der Waals surface area contributed by atoms with Gasteiger partial charge in [0.25, 0.3) is 0 Å². The molecule has 1 heterocycles. The Morgan fingerprint density at radius 1 is 0.912 bits per heavy atom. The molecule has 5 N–H and O–H groups in total. The summed E-state index contributed by atoms with van der Waals surface area (Å²) >= 11 is 0. The van der Waals surface area contributed by atoms with Crippen molar-refractivity contribution in [2.75, 3.05) is 26.4 Å². The van der Waals surface area contributed by atoms with E-state index in [0.29, 0.717) is 44.9 Å². The third kappa shape index (κ3) is 4.28. The number of ketones is 1. The van der Waals surface area contributed by atoms with Gasteiger partial charge in [0.2, 0.25) is 0 Å². The van der Waals surface area contributed by atoms with Gasteiger partial charge in [-0.3, -0.25) is 4.79 Å². The molecule has 9 heteroatoms. The summed E-state index contributed by atoms with van der Waals surface area (Å²) in [6.07, 6.45) is -3.57. The van der Waals surface area contributed by atoms with Crippen LogP contribution in [0, 0.1) is 0 Å². The monoisotopic (exact) mass is 472 g/mol. The quantitative estimate of drug-likeness (QED) is 0.309. The molecule has 2 aromatic carbocycles. The van der Waals surface area contributed by atoms with E-state index < -0.39 is 36.9 Å². The molecule has 1 aliphatic rings. The first-order valence-electron chi connectivity index (χ1n) is 10.9. The highest BCUT2D eigenvalue weighted by molar-refractivity contribution is 6.19. The first-order valence-corrected chi connectivity index (χ1v) is 10.9. The topological polar surface area (TPSA) is 150 Å². The number of furan rings is 1. The van der Waals surface area contributed by atoms with Crippen molar-refractivity contribution in [2.45, 2.75) is 37.6 Å². The molecule has 0 spiro atoms. The van der Waals surface area contributed by atoms with Crippen LogP contribution < -0.4 is 9.47 Å². The van der Waals surface area contributed by atoms with E-state index in [9.17, 15) is 20.1 Å². The summed E-state index contributed by atoms with van der Waals surface area (Å²) in [6.45, 7) is 2.57. The Morgan fingerprint density at radius 2 is 1.59 bits per heavy atom. The van der Waals surface area contributed by atoms with Gasteiger partial charge in [0, 0.05) is 22.4 Å². The molecule has 3 aromatic rings. The molecule has 34 heavy (non-hydrogen) atoms. The van der Waals surface area contributed by atoms with Crippen molar-refractivity contribution in [2.24, 2.45) is 0 Å².